The number of para-hydroxylation sites is 1. The summed E-state index contributed by atoms with van der Waals surface area (Å²) in [5.41, 5.74) is 4.19. The lowest BCUT2D eigenvalue weighted by molar-refractivity contribution is 0.420. The van der Waals surface area contributed by atoms with Crippen molar-refractivity contribution in [2.24, 2.45) is 0 Å². The topological polar surface area (TPSA) is 95.6 Å². The van der Waals surface area contributed by atoms with E-state index in [0.29, 0.717) is 21.6 Å². The van der Waals surface area contributed by atoms with Gasteiger partial charge in [0.15, 0.2) is 0 Å². The first-order valence-electron chi connectivity index (χ1n) is 10.4. The summed E-state index contributed by atoms with van der Waals surface area (Å²) in [6.07, 6.45) is 0. The Morgan fingerprint density at radius 2 is 1.47 bits per heavy atom. The molecule has 0 amide bonds. The van der Waals surface area contributed by atoms with E-state index in [1.165, 1.54) is 23.1 Å². The Morgan fingerprint density at radius 1 is 0.824 bits per heavy atom. The molecule has 5 rings (SSSR count). The van der Waals surface area contributed by atoms with Crippen LogP contribution in [0.3, 0.4) is 0 Å². The van der Waals surface area contributed by atoms with E-state index in [0.717, 1.165) is 21.3 Å². The van der Waals surface area contributed by atoms with Crippen LogP contribution in [0.4, 0.5) is 0 Å². The molecule has 0 saturated carbocycles. The zero-order valence-electron chi connectivity index (χ0n) is 17.8. The Hall–Kier alpha value is -4.06. The average Bonchev–Trinajstić information content (AvgIpc) is 3.32. The molecule has 6 nitrogen and oxygen atoms in total. The Kier molecular flexibility index (Phi) is 6.29. The van der Waals surface area contributed by atoms with Crippen LogP contribution >= 0.6 is 23.1 Å². The van der Waals surface area contributed by atoms with Crippen LogP contribution in [0.25, 0.3) is 38.3 Å². The third-order valence-corrected chi connectivity index (χ3v) is 6.91. The Morgan fingerprint density at radius 3 is 2.15 bits per heavy atom. The molecule has 0 fully saturated rings. The number of fused-ring (bicyclic) bond motifs is 1. The van der Waals surface area contributed by atoms with Crippen molar-refractivity contribution in [3.63, 3.8) is 0 Å². The fourth-order valence-corrected chi connectivity index (χ4v) is 5.03. The zero-order valence-corrected chi connectivity index (χ0v) is 19.4. The summed E-state index contributed by atoms with van der Waals surface area (Å²) in [6, 6.07) is 29.3. The molecule has 164 valence electrons. The average molecular weight is 480 g/mol. The van der Waals surface area contributed by atoms with E-state index in [4.69, 9.17) is 4.98 Å². The van der Waals surface area contributed by atoms with Crippen LogP contribution in [0.2, 0.25) is 0 Å². The van der Waals surface area contributed by atoms with E-state index >= 15 is 0 Å². The van der Waals surface area contributed by atoms with Crippen molar-refractivity contribution in [3.05, 3.63) is 95.7 Å². The van der Waals surface area contributed by atoms with Crippen LogP contribution in [-0.2, 0) is 0 Å². The molecule has 8 heteroatoms. The first-order chi connectivity index (χ1) is 16.7. The fourth-order valence-electron chi connectivity index (χ4n) is 3.38. The van der Waals surface area contributed by atoms with Gasteiger partial charge in [-0.1, -0.05) is 84.6 Å². The number of aliphatic hydroxyl groups excluding tert-OH is 1. The number of hydrogen-bond donors (Lipinski definition) is 1. The van der Waals surface area contributed by atoms with Gasteiger partial charge in [-0.3, -0.25) is 0 Å². The van der Waals surface area contributed by atoms with Crippen molar-refractivity contribution in [1.29, 1.82) is 5.26 Å². The van der Waals surface area contributed by atoms with Gasteiger partial charge in [-0.15, -0.1) is 21.5 Å². The molecule has 2 aromatic heterocycles. The summed E-state index contributed by atoms with van der Waals surface area (Å²) < 4.78 is 0.960. The van der Waals surface area contributed by atoms with E-state index in [2.05, 4.69) is 21.3 Å². The first-order valence-corrected chi connectivity index (χ1v) is 12.2. The van der Waals surface area contributed by atoms with E-state index < -0.39 is 0 Å². The van der Waals surface area contributed by atoms with E-state index in [1.807, 2.05) is 84.9 Å². The molecule has 0 atom stereocenters. The van der Waals surface area contributed by atoms with Crippen LogP contribution in [0.15, 0.2) is 95.8 Å². The zero-order chi connectivity index (χ0) is 23.3. The van der Waals surface area contributed by atoms with Gasteiger partial charge in [-0.2, -0.15) is 5.26 Å². The molecule has 5 aromatic rings. The van der Waals surface area contributed by atoms with Crippen molar-refractivity contribution in [3.8, 4) is 28.6 Å². The molecule has 34 heavy (non-hydrogen) atoms. The molecule has 0 bridgehead atoms. The minimum absolute atomic E-state index is 0.0662. The quantitative estimate of drug-likeness (QED) is 0.171. The maximum absolute atomic E-state index is 10.7. The standard InChI is InChI=1S/C26H17N5OS2/c27-15-19(25-28-20-13-7-8-14-22(20)34-25)21(32)16-33-26-29-23(17-9-3-1-4-10-17)24(30-31-26)18-11-5-2-6-12-18/h1-14,32H,16H2/b21-19-. The molecular formula is C26H17N5OS2. The second kappa shape index (κ2) is 9.83. The maximum atomic E-state index is 10.7. The monoisotopic (exact) mass is 479 g/mol. The summed E-state index contributed by atoms with van der Waals surface area (Å²) in [4.78, 5) is 9.23. The predicted molar refractivity (Wildman–Crippen MR) is 136 cm³/mol. The maximum Gasteiger partial charge on any atom is 0.210 e. The molecule has 0 radical (unpaired) electrons. The highest BCUT2D eigenvalue weighted by atomic mass is 32.2. The third kappa shape index (κ3) is 4.53. The first kappa shape index (κ1) is 21.8. The molecule has 2 heterocycles. The summed E-state index contributed by atoms with van der Waals surface area (Å²) in [5, 5.41) is 30.0. The van der Waals surface area contributed by atoms with Crippen LogP contribution in [-0.4, -0.2) is 31.0 Å². The van der Waals surface area contributed by atoms with Gasteiger partial charge in [0.05, 0.1) is 16.0 Å². The van der Waals surface area contributed by atoms with Crippen LogP contribution in [0.5, 0.6) is 0 Å². The molecule has 0 aliphatic heterocycles. The Bertz CT molecular complexity index is 1490. The molecular weight excluding hydrogens is 462 g/mol. The molecule has 0 unspecified atom stereocenters. The van der Waals surface area contributed by atoms with Gasteiger partial charge in [0.2, 0.25) is 5.16 Å². The number of benzene rings is 3. The molecule has 3 aromatic carbocycles. The number of aromatic nitrogens is 4. The lowest BCUT2D eigenvalue weighted by Gasteiger charge is -2.09. The largest absolute Gasteiger partial charge is 0.510 e. The number of hydrogen-bond acceptors (Lipinski definition) is 8. The molecule has 0 saturated heterocycles. The van der Waals surface area contributed by atoms with Gasteiger partial charge in [0.25, 0.3) is 0 Å². The number of allylic oxidation sites excluding steroid dienone is 1. The lowest BCUT2D eigenvalue weighted by atomic mass is 10.0. The van der Waals surface area contributed by atoms with Crippen molar-refractivity contribution in [2.75, 3.05) is 5.75 Å². The number of rotatable bonds is 6. The van der Waals surface area contributed by atoms with Crippen molar-refractivity contribution < 1.29 is 5.11 Å². The summed E-state index contributed by atoms with van der Waals surface area (Å²) >= 11 is 2.59. The van der Waals surface area contributed by atoms with E-state index in [9.17, 15) is 10.4 Å². The van der Waals surface area contributed by atoms with Gasteiger partial charge in [0, 0.05) is 11.1 Å². The highest BCUT2D eigenvalue weighted by molar-refractivity contribution is 7.99. The van der Waals surface area contributed by atoms with Gasteiger partial charge >= 0.3 is 0 Å². The number of thioether (sulfide) groups is 1. The normalized spacial score (nSPS) is 11.7. The van der Waals surface area contributed by atoms with Crippen LogP contribution in [0.1, 0.15) is 5.01 Å². The molecule has 0 aliphatic rings. The molecule has 0 spiro atoms. The van der Waals surface area contributed by atoms with Crippen molar-refractivity contribution in [1.82, 2.24) is 20.2 Å². The highest BCUT2D eigenvalue weighted by Crippen LogP contribution is 2.32. The van der Waals surface area contributed by atoms with Gasteiger partial charge in [0.1, 0.15) is 33.8 Å². The summed E-state index contributed by atoms with van der Waals surface area (Å²) in [6.45, 7) is 0. The number of aliphatic hydroxyl groups is 1. The predicted octanol–water partition coefficient (Wildman–Crippen LogP) is 6.40. The second-order valence-electron chi connectivity index (χ2n) is 7.23. The molecule has 1 N–H and O–H groups in total. The highest BCUT2D eigenvalue weighted by Gasteiger charge is 2.17. The number of nitriles is 1. The van der Waals surface area contributed by atoms with Crippen molar-refractivity contribution in [2.45, 2.75) is 5.16 Å². The Labute approximate surface area is 204 Å². The van der Waals surface area contributed by atoms with Gasteiger partial charge in [-0.05, 0) is 12.1 Å². The molecule has 0 aliphatic carbocycles. The van der Waals surface area contributed by atoms with Crippen LogP contribution < -0.4 is 0 Å². The second-order valence-corrected chi connectivity index (χ2v) is 9.21. The lowest BCUT2D eigenvalue weighted by Crippen LogP contribution is -2.00. The Balaban J connectivity index is 1.46. The fraction of sp³-hybridized carbons (Fsp3) is 0.0385. The number of thiazole rings is 1. The third-order valence-electron chi connectivity index (χ3n) is 5.01. The summed E-state index contributed by atoms with van der Waals surface area (Å²) in [5.74, 6) is 0.0583. The van der Waals surface area contributed by atoms with Gasteiger partial charge < -0.3 is 5.11 Å². The van der Waals surface area contributed by atoms with Crippen LogP contribution in [0, 0.1) is 11.3 Å². The SMILES string of the molecule is N#C/C(=C(/O)CSc1nnc(-c2ccccc2)c(-c2ccccc2)n1)c1nc2ccccc2s1. The van der Waals surface area contributed by atoms with E-state index in [-0.39, 0.29) is 17.1 Å². The number of nitrogens with zero attached hydrogens (tertiary/aromatic N) is 5. The minimum Gasteiger partial charge on any atom is -0.510 e. The summed E-state index contributed by atoms with van der Waals surface area (Å²) in [7, 11) is 0. The minimum atomic E-state index is -0.0662. The smallest absolute Gasteiger partial charge is 0.210 e. The van der Waals surface area contributed by atoms with Gasteiger partial charge in [-0.25, -0.2) is 9.97 Å². The van der Waals surface area contributed by atoms with Crippen molar-refractivity contribution >= 4 is 38.9 Å². The van der Waals surface area contributed by atoms with E-state index in [1.54, 1.807) is 0 Å².